The Labute approximate surface area is 58.9 Å². The summed E-state index contributed by atoms with van der Waals surface area (Å²) in [5, 5.41) is 0. The van der Waals surface area contributed by atoms with Gasteiger partial charge in [0, 0.05) is 25.0 Å². The van der Waals surface area contributed by atoms with Gasteiger partial charge in [0.05, 0.1) is 17.9 Å². The predicted molar refractivity (Wildman–Crippen MR) is 37.9 cm³/mol. The fourth-order valence-electron chi connectivity index (χ4n) is 1.00. The normalized spacial score (nSPS) is 14.8. The molecule has 0 radical (unpaired) electrons. The molecule has 0 N–H and O–H groups in total. The maximum Gasteiger partial charge on any atom is 0.0836 e. The summed E-state index contributed by atoms with van der Waals surface area (Å²) in [6, 6.07) is 0. The molecule has 2 rings (SSSR count). The first-order valence-electron chi connectivity index (χ1n) is 3.24. The average Bonchev–Trinajstić information content (AvgIpc) is 2.05. The molecular weight excluding hydrogens is 126 g/mol. The summed E-state index contributed by atoms with van der Waals surface area (Å²) in [5.74, 6) is 0. The molecule has 0 spiro atoms. The summed E-state index contributed by atoms with van der Waals surface area (Å²) >= 11 is 0. The van der Waals surface area contributed by atoms with Crippen molar-refractivity contribution in [1.29, 1.82) is 0 Å². The summed E-state index contributed by atoms with van der Waals surface area (Å²) in [6.07, 6.45) is 6.15. The van der Waals surface area contributed by atoms with Crippen molar-refractivity contribution < 1.29 is 0 Å². The van der Waals surface area contributed by atoms with Crippen molar-refractivity contribution in [2.45, 2.75) is 13.0 Å². The van der Waals surface area contributed by atoms with Crippen LogP contribution in [-0.4, -0.2) is 16.2 Å². The van der Waals surface area contributed by atoms with Crippen molar-refractivity contribution in [1.82, 2.24) is 9.97 Å². The van der Waals surface area contributed by atoms with Gasteiger partial charge in [-0.2, -0.15) is 0 Å². The van der Waals surface area contributed by atoms with E-state index in [1.54, 1.807) is 12.4 Å². The molecule has 0 fully saturated rings. The standard InChI is InChI=1S/C7H7N3/c1-2-8-5-7-6(1)9-3-4-10-7/h2-4H,1,5H2. The third kappa shape index (κ3) is 0.795. The van der Waals surface area contributed by atoms with Crippen LogP contribution in [0.2, 0.25) is 0 Å². The number of nitrogens with zero attached hydrogens (tertiary/aromatic N) is 3. The van der Waals surface area contributed by atoms with E-state index in [9.17, 15) is 0 Å². The monoisotopic (exact) mass is 133 g/mol. The zero-order valence-corrected chi connectivity index (χ0v) is 5.49. The Hall–Kier alpha value is -1.25. The van der Waals surface area contributed by atoms with E-state index in [1.807, 2.05) is 6.21 Å². The van der Waals surface area contributed by atoms with Crippen LogP contribution in [-0.2, 0) is 13.0 Å². The summed E-state index contributed by atoms with van der Waals surface area (Å²) in [6.45, 7) is 0.698. The third-order valence-corrected chi connectivity index (χ3v) is 1.52. The Balaban J connectivity index is 2.47. The lowest BCUT2D eigenvalue weighted by molar-refractivity contribution is 0.891. The van der Waals surface area contributed by atoms with Crippen LogP contribution in [0, 0.1) is 0 Å². The molecule has 3 heteroatoms. The fourth-order valence-corrected chi connectivity index (χ4v) is 1.00. The van der Waals surface area contributed by atoms with Gasteiger partial charge in [0.1, 0.15) is 0 Å². The van der Waals surface area contributed by atoms with E-state index in [4.69, 9.17) is 0 Å². The minimum atomic E-state index is 0.698. The second kappa shape index (κ2) is 2.17. The molecule has 0 saturated heterocycles. The zero-order valence-electron chi connectivity index (χ0n) is 5.49. The van der Waals surface area contributed by atoms with Crippen LogP contribution >= 0.6 is 0 Å². The van der Waals surface area contributed by atoms with Crippen LogP contribution in [0.3, 0.4) is 0 Å². The molecule has 0 atom stereocenters. The molecule has 50 valence electrons. The van der Waals surface area contributed by atoms with Crippen LogP contribution in [0.4, 0.5) is 0 Å². The number of hydrogen-bond donors (Lipinski definition) is 0. The van der Waals surface area contributed by atoms with Crippen molar-refractivity contribution >= 4 is 6.21 Å². The number of rotatable bonds is 0. The van der Waals surface area contributed by atoms with Crippen LogP contribution in [0.15, 0.2) is 17.4 Å². The Morgan fingerprint density at radius 1 is 1.10 bits per heavy atom. The number of aromatic nitrogens is 2. The first-order valence-corrected chi connectivity index (χ1v) is 3.24. The van der Waals surface area contributed by atoms with Gasteiger partial charge in [-0.25, -0.2) is 0 Å². The summed E-state index contributed by atoms with van der Waals surface area (Å²) in [4.78, 5) is 12.4. The van der Waals surface area contributed by atoms with Crippen molar-refractivity contribution in [3.63, 3.8) is 0 Å². The van der Waals surface area contributed by atoms with E-state index in [1.165, 1.54) is 0 Å². The third-order valence-electron chi connectivity index (χ3n) is 1.52. The van der Waals surface area contributed by atoms with Crippen molar-refractivity contribution in [2.75, 3.05) is 0 Å². The van der Waals surface area contributed by atoms with Gasteiger partial charge in [0.15, 0.2) is 0 Å². The summed E-state index contributed by atoms with van der Waals surface area (Å²) in [5.41, 5.74) is 2.09. The van der Waals surface area contributed by atoms with Gasteiger partial charge in [-0.3, -0.25) is 15.0 Å². The van der Waals surface area contributed by atoms with Gasteiger partial charge in [-0.15, -0.1) is 0 Å². The molecule has 0 saturated carbocycles. The maximum atomic E-state index is 4.17. The van der Waals surface area contributed by atoms with Crippen LogP contribution in [0.1, 0.15) is 11.4 Å². The summed E-state index contributed by atoms with van der Waals surface area (Å²) < 4.78 is 0. The Morgan fingerprint density at radius 2 is 1.90 bits per heavy atom. The first-order chi connectivity index (χ1) is 4.97. The molecule has 0 aromatic carbocycles. The molecule has 3 nitrogen and oxygen atoms in total. The number of fused-ring (bicyclic) bond motifs is 1. The van der Waals surface area contributed by atoms with Crippen LogP contribution < -0.4 is 0 Å². The molecule has 1 aromatic rings. The number of aliphatic imine (C=N–C) groups is 1. The highest BCUT2D eigenvalue weighted by molar-refractivity contribution is 5.62. The van der Waals surface area contributed by atoms with Crippen molar-refractivity contribution in [2.24, 2.45) is 4.99 Å². The molecular formula is C7H7N3. The van der Waals surface area contributed by atoms with E-state index in [-0.39, 0.29) is 0 Å². The van der Waals surface area contributed by atoms with E-state index in [2.05, 4.69) is 15.0 Å². The van der Waals surface area contributed by atoms with Gasteiger partial charge in [0.2, 0.25) is 0 Å². The highest BCUT2D eigenvalue weighted by Crippen LogP contribution is 2.06. The lowest BCUT2D eigenvalue weighted by Gasteiger charge is -2.05. The van der Waals surface area contributed by atoms with Gasteiger partial charge in [0.25, 0.3) is 0 Å². The fraction of sp³-hybridized carbons (Fsp3) is 0.286. The predicted octanol–water partition coefficient (Wildman–Crippen LogP) is 0.603. The van der Waals surface area contributed by atoms with Gasteiger partial charge < -0.3 is 0 Å². The minimum Gasteiger partial charge on any atom is -0.291 e. The van der Waals surface area contributed by atoms with Crippen molar-refractivity contribution in [3.05, 3.63) is 23.8 Å². The second-order valence-corrected chi connectivity index (χ2v) is 2.18. The molecule has 0 bridgehead atoms. The molecule has 2 heterocycles. The highest BCUT2D eigenvalue weighted by atomic mass is 14.9. The maximum absolute atomic E-state index is 4.17. The quantitative estimate of drug-likeness (QED) is 0.520. The molecule has 1 aliphatic rings. The molecule has 1 aromatic heterocycles. The molecule has 0 amide bonds. The van der Waals surface area contributed by atoms with E-state index < -0.39 is 0 Å². The molecule has 0 unspecified atom stereocenters. The molecule has 1 aliphatic heterocycles. The van der Waals surface area contributed by atoms with Gasteiger partial charge >= 0.3 is 0 Å². The zero-order chi connectivity index (χ0) is 6.81. The van der Waals surface area contributed by atoms with Crippen LogP contribution in [0.5, 0.6) is 0 Å². The second-order valence-electron chi connectivity index (χ2n) is 2.18. The van der Waals surface area contributed by atoms with Crippen molar-refractivity contribution in [3.8, 4) is 0 Å². The first kappa shape index (κ1) is 5.53. The van der Waals surface area contributed by atoms with E-state index in [0.717, 1.165) is 17.8 Å². The molecule has 0 aliphatic carbocycles. The SMILES string of the molecule is C1=NCc2nccnc2C1. The van der Waals surface area contributed by atoms with Gasteiger partial charge in [-0.05, 0) is 0 Å². The Morgan fingerprint density at radius 3 is 2.70 bits per heavy atom. The largest absolute Gasteiger partial charge is 0.291 e. The Kier molecular flexibility index (Phi) is 1.20. The lowest BCUT2D eigenvalue weighted by Crippen LogP contribution is -2.05. The van der Waals surface area contributed by atoms with E-state index in [0.29, 0.717) is 6.54 Å². The van der Waals surface area contributed by atoms with E-state index >= 15 is 0 Å². The summed E-state index contributed by atoms with van der Waals surface area (Å²) in [7, 11) is 0. The smallest absolute Gasteiger partial charge is 0.0836 e. The Bertz CT molecular complexity index is 240. The number of hydrogen-bond acceptors (Lipinski definition) is 3. The average molecular weight is 133 g/mol. The van der Waals surface area contributed by atoms with Crippen LogP contribution in [0.25, 0.3) is 0 Å². The topological polar surface area (TPSA) is 38.1 Å². The van der Waals surface area contributed by atoms with Gasteiger partial charge in [-0.1, -0.05) is 0 Å². The lowest BCUT2D eigenvalue weighted by atomic mass is 10.2. The minimum absolute atomic E-state index is 0.698. The highest BCUT2D eigenvalue weighted by Gasteiger charge is 2.05. The molecule has 10 heavy (non-hydrogen) atoms.